The van der Waals surface area contributed by atoms with Gasteiger partial charge in [0.15, 0.2) is 0 Å². The van der Waals surface area contributed by atoms with E-state index >= 15 is 0 Å². The second kappa shape index (κ2) is 3.45. The lowest BCUT2D eigenvalue weighted by Gasteiger charge is -2.42. The molecule has 82 valence electrons. The summed E-state index contributed by atoms with van der Waals surface area (Å²) in [5.74, 6) is 0.430. The highest BCUT2D eigenvalue weighted by molar-refractivity contribution is 7.91. The van der Waals surface area contributed by atoms with Crippen molar-refractivity contribution >= 4 is 9.84 Å². The Morgan fingerprint density at radius 1 is 1.29 bits per heavy atom. The molecule has 1 spiro atoms. The first-order valence-corrected chi connectivity index (χ1v) is 6.93. The Morgan fingerprint density at radius 3 is 2.50 bits per heavy atom. The van der Waals surface area contributed by atoms with Gasteiger partial charge in [0.1, 0.15) is 16.0 Å². The number of alkyl halides is 1. The average molecular weight is 221 g/mol. The van der Waals surface area contributed by atoms with E-state index in [1.807, 2.05) is 0 Å². The van der Waals surface area contributed by atoms with Crippen molar-refractivity contribution in [2.45, 2.75) is 37.4 Å². The minimum absolute atomic E-state index is 0.215. The molecule has 2 aliphatic heterocycles. The lowest BCUT2D eigenvalue weighted by molar-refractivity contribution is 0.142. The first-order valence-electron chi connectivity index (χ1n) is 5.11. The van der Waals surface area contributed by atoms with Gasteiger partial charge in [0.25, 0.3) is 0 Å². The summed E-state index contributed by atoms with van der Waals surface area (Å²) in [6, 6.07) is 0. The molecule has 1 N–H and O–H groups in total. The Labute approximate surface area is 84.0 Å². The predicted molar refractivity (Wildman–Crippen MR) is 52.8 cm³/mol. The van der Waals surface area contributed by atoms with E-state index in [1.165, 1.54) is 0 Å². The van der Waals surface area contributed by atoms with Crippen molar-refractivity contribution in [3.8, 4) is 0 Å². The topological polar surface area (TPSA) is 46.2 Å². The number of piperidine rings is 1. The smallest absolute Gasteiger partial charge is 0.150 e. The third kappa shape index (κ3) is 2.08. The van der Waals surface area contributed by atoms with E-state index in [0.717, 1.165) is 0 Å². The van der Waals surface area contributed by atoms with Crippen molar-refractivity contribution in [3.05, 3.63) is 0 Å². The third-order valence-electron chi connectivity index (χ3n) is 3.35. The number of sulfone groups is 1. The zero-order chi connectivity index (χ0) is 10.2. The van der Waals surface area contributed by atoms with Crippen LogP contribution in [0.4, 0.5) is 4.39 Å². The largest absolute Gasteiger partial charge is 0.311 e. The Hall–Kier alpha value is -0.160. The zero-order valence-electron chi connectivity index (χ0n) is 8.13. The van der Waals surface area contributed by atoms with Crippen LogP contribution in [0.1, 0.15) is 25.7 Å². The fourth-order valence-electron chi connectivity index (χ4n) is 2.40. The molecule has 1 atom stereocenters. The quantitative estimate of drug-likeness (QED) is 0.653. The number of rotatable bonds is 0. The summed E-state index contributed by atoms with van der Waals surface area (Å²) in [6.07, 6.45) is 1.46. The lowest BCUT2D eigenvalue weighted by atomic mass is 9.83. The van der Waals surface area contributed by atoms with Crippen molar-refractivity contribution in [2.24, 2.45) is 0 Å². The van der Waals surface area contributed by atoms with Crippen molar-refractivity contribution in [2.75, 3.05) is 18.1 Å². The monoisotopic (exact) mass is 221 g/mol. The van der Waals surface area contributed by atoms with E-state index in [-0.39, 0.29) is 17.0 Å². The van der Waals surface area contributed by atoms with Crippen LogP contribution in [0.5, 0.6) is 0 Å². The second-order valence-corrected chi connectivity index (χ2v) is 6.75. The molecule has 0 amide bonds. The fraction of sp³-hybridized carbons (Fsp3) is 1.00. The van der Waals surface area contributed by atoms with Crippen LogP contribution in [0, 0.1) is 0 Å². The third-order valence-corrected chi connectivity index (χ3v) is 5.01. The van der Waals surface area contributed by atoms with Crippen LogP contribution in [0.15, 0.2) is 0 Å². The molecule has 2 saturated heterocycles. The van der Waals surface area contributed by atoms with Gasteiger partial charge in [-0.3, -0.25) is 0 Å². The van der Waals surface area contributed by atoms with Crippen molar-refractivity contribution in [3.63, 3.8) is 0 Å². The van der Waals surface area contributed by atoms with Crippen molar-refractivity contribution in [1.82, 2.24) is 5.32 Å². The Bertz CT molecular complexity index is 301. The molecule has 2 aliphatic rings. The van der Waals surface area contributed by atoms with E-state index in [1.54, 1.807) is 0 Å². The second-order valence-electron chi connectivity index (χ2n) is 4.45. The summed E-state index contributed by atoms with van der Waals surface area (Å²) < 4.78 is 35.7. The van der Waals surface area contributed by atoms with E-state index in [0.29, 0.717) is 32.2 Å². The number of nitrogens with one attached hydrogen (secondary N) is 1. The average Bonchev–Trinajstić information content (AvgIpc) is 2.12. The summed E-state index contributed by atoms with van der Waals surface area (Å²) in [5, 5.41) is 3.30. The first kappa shape index (κ1) is 10.4. The maximum Gasteiger partial charge on any atom is 0.150 e. The highest BCUT2D eigenvalue weighted by atomic mass is 32.2. The first-order chi connectivity index (χ1) is 6.52. The number of halogens is 1. The van der Waals surface area contributed by atoms with Gasteiger partial charge in [-0.05, 0) is 32.2 Å². The standard InChI is InChI=1S/C9H16FNO2S/c10-8-1-4-11-9(7-8)2-5-14(12,13)6-3-9/h8,11H,1-7H2. The Kier molecular flexibility index (Phi) is 2.55. The van der Waals surface area contributed by atoms with Crippen LogP contribution in [-0.2, 0) is 9.84 Å². The van der Waals surface area contributed by atoms with E-state index < -0.39 is 16.0 Å². The molecule has 2 rings (SSSR count). The van der Waals surface area contributed by atoms with Gasteiger partial charge in [-0.25, -0.2) is 12.8 Å². The van der Waals surface area contributed by atoms with Gasteiger partial charge >= 0.3 is 0 Å². The fourth-order valence-corrected chi connectivity index (χ4v) is 4.01. The van der Waals surface area contributed by atoms with Gasteiger partial charge in [-0.15, -0.1) is 0 Å². The van der Waals surface area contributed by atoms with Gasteiger partial charge in [-0.2, -0.15) is 0 Å². The molecular weight excluding hydrogens is 205 g/mol. The van der Waals surface area contributed by atoms with Gasteiger partial charge in [0, 0.05) is 5.54 Å². The number of hydrogen-bond acceptors (Lipinski definition) is 3. The summed E-state index contributed by atoms with van der Waals surface area (Å²) >= 11 is 0. The van der Waals surface area contributed by atoms with Crippen LogP contribution >= 0.6 is 0 Å². The molecule has 0 aromatic heterocycles. The Morgan fingerprint density at radius 2 is 1.93 bits per heavy atom. The molecule has 5 heteroatoms. The van der Waals surface area contributed by atoms with E-state index in [2.05, 4.69) is 5.32 Å². The molecule has 0 aromatic carbocycles. The highest BCUT2D eigenvalue weighted by Crippen LogP contribution is 2.32. The SMILES string of the molecule is O=S1(=O)CCC2(CC1)CC(F)CCN2. The Balaban J connectivity index is 2.04. The van der Waals surface area contributed by atoms with Gasteiger partial charge in [0.05, 0.1) is 11.5 Å². The number of hydrogen-bond donors (Lipinski definition) is 1. The summed E-state index contributed by atoms with van der Waals surface area (Å²) in [5.41, 5.74) is -0.219. The molecule has 1 unspecified atom stereocenters. The molecule has 2 fully saturated rings. The van der Waals surface area contributed by atoms with Crippen LogP contribution in [0.2, 0.25) is 0 Å². The summed E-state index contributed by atoms with van der Waals surface area (Å²) in [7, 11) is -2.84. The summed E-state index contributed by atoms with van der Waals surface area (Å²) in [6.45, 7) is 0.682. The minimum atomic E-state index is -2.84. The molecule has 0 bridgehead atoms. The van der Waals surface area contributed by atoms with Gasteiger partial charge in [0.2, 0.25) is 0 Å². The van der Waals surface area contributed by atoms with Crippen LogP contribution in [0.25, 0.3) is 0 Å². The van der Waals surface area contributed by atoms with Crippen LogP contribution in [-0.4, -0.2) is 38.2 Å². The lowest BCUT2D eigenvalue weighted by Crippen LogP contribution is -2.55. The molecule has 0 aliphatic carbocycles. The van der Waals surface area contributed by atoms with Crippen molar-refractivity contribution < 1.29 is 12.8 Å². The van der Waals surface area contributed by atoms with Crippen LogP contribution < -0.4 is 5.32 Å². The predicted octanol–water partition coefficient (Wildman–Crippen LogP) is 0.655. The van der Waals surface area contributed by atoms with E-state index in [4.69, 9.17) is 0 Å². The molecule has 14 heavy (non-hydrogen) atoms. The van der Waals surface area contributed by atoms with Crippen molar-refractivity contribution in [1.29, 1.82) is 0 Å². The molecule has 0 saturated carbocycles. The molecule has 0 radical (unpaired) electrons. The molecule has 0 aromatic rings. The molecule has 2 heterocycles. The zero-order valence-corrected chi connectivity index (χ0v) is 8.95. The highest BCUT2D eigenvalue weighted by Gasteiger charge is 2.40. The van der Waals surface area contributed by atoms with E-state index in [9.17, 15) is 12.8 Å². The van der Waals surface area contributed by atoms with Gasteiger partial charge in [-0.1, -0.05) is 0 Å². The minimum Gasteiger partial charge on any atom is -0.311 e. The summed E-state index contributed by atoms with van der Waals surface area (Å²) in [4.78, 5) is 0. The van der Waals surface area contributed by atoms with Crippen LogP contribution in [0.3, 0.4) is 0 Å². The maximum absolute atomic E-state index is 13.2. The molecular formula is C9H16FNO2S. The normalized spacial score (nSPS) is 35.6. The van der Waals surface area contributed by atoms with Gasteiger partial charge < -0.3 is 5.32 Å². The molecule has 3 nitrogen and oxygen atoms in total. The maximum atomic E-state index is 13.2.